The first-order valence-corrected chi connectivity index (χ1v) is 6.98. The molecule has 2 unspecified atom stereocenters. The lowest BCUT2D eigenvalue weighted by Gasteiger charge is -2.29. The average Bonchev–Trinajstić information content (AvgIpc) is 2.47. The Balaban J connectivity index is 2.03. The number of rotatable bonds is 3. The van der Waals surface area contributed by atoms with E-state index in [1.165, 1.54) is 0 Å². The second kappa shape index (κ2) is 6.47. The minimum atomic E-state index is -4.23. The normalized spacial score (nSPS) is 22.9. The largest absolute Gasteiger partial charge is 0.392 e. The van der Waals surface area contributed by atoms with Crippen LogP contribution < -0.4 is 5.32 Å². The number of para-hydroxylation sites is 1. The number of alkyl halides is 3. The monoisotopic (exact) mass is 301 g/mol. The summed E-state index contributed by atoms with van der Waals surface area (Å²) in [5.41, 5.74) is 1.01. The van der Waals surface area contributed by atoms with Gasteiger partial charge in [0.1, 0.15) is 0 Å². The summed E-state index contributed by atoms with van der Waals surface area (Å²) in [4.78, 5) is 12.1. The van der Waals surface area contributed by atoms with E-state index in [-0.39, 0.29) is 19.4 Å². The molecule has 2 atom stereocenters. The van der Waals surface area contributed by atoms with E-state index >= 15 is 0 Å². The van der Waals surface area contributed by atoms with Crippen LogP contribution in [0.25, 0.3) is 0 Å². The van der Waals surface area contributed by atoms with E-state index in [1.54, 1.807) is 24.3 Å². The second-order valence-electron chi connectivity index (χ2n) is 5.41. The molecule has 1 saturated carbocycles. The zero-order valence-corrected chi connectivity index (χ0v) is 11.5. The van der Waals surface area contributed by atoms with Gasteiger partial charge in [-0.25, -0.2) is 0 Å². The van der Waals surface area contributed by atoms with E-state index in [0.717, 1.165) is 0 Å². The molecule has 116 valence electrons. The van der Waals surface area contributed by atoms with Crippen LogP contribution in [-0.4, -0.2) is 17.2 Å². The number of hydrogen-bond donors (Lipinski definition) is 2. The summed E-state index contributed by atoms with van der Waals surface area (Å²) in [5, 5.41) is 11.8. The van der Waals surface area contributed by atoms with Crippen LogP contribution in [-0.2, 0) is 11.4 Å². The molecule has 0 aliphatic heterocycles. The van der Waals surface area contributed by atoms with E-state index in [1.807, 2.05) is 0 Å². The summed E-state index contributed by atoms with van der Waals surface area (Å²) < 4.78 is 38.3. The molecule has 1 aliphatic rings. The third-order valence-electron chi connectivity index (χ3n) is 3.95. The Labute approximate surface area is 121 Å². The highest BCUT2D eigenvalue weighted by atomic mass is 19.4. The number of amides is 1. The minimum absolute atomic E-state index is 0.0977. The van der Waals surface area contributed by atoms with Gasteiger partial charge < -0.3 is 10.4 Å². The van der Waals surface area contributed by atoms with Crippen molar-refractivity contribution in [2.45, 2.75) is 38.5 Å². The van der Waals surface area contributed by atoms with Gasteiger partial charge in [0.25, 0.3) is 0 Å². The number of aliphatic hydroxyl groups excluding tert-OH is 1. The molecule has 1 aromatic carbocycles. The van der Waals surface area contributed by atoms with E-state index in [2.05, 4.69) is 5.32 Å². The molecule has 6 heteroatoms. The second-order valence-corrected chi connectivity index (χ2v) is 5.41. The van der Waals surface area contributed by atoms with Crippen LogP contribution in [0.3, 0.4) is 0 Å². The maximum atomic E-state index is 12.8. The fraction of sp³-hybridized carbons (Fsp3) is 0.533. The number of halogens is 3. The van der Waals surface area contributed by atoms with Crippen LogP contribution >= 0.6 is 0 Å². The van der Waals surface area contributed by atoms with E-state index in [9.17, 15) is 23.1 Å². The van der Waals surface area contributed by atoms with Gasteiger partial charge in [-0.05, 0) is 25.3 Å². The van der Waals surface area contributed by atoms with E-state index in [4.69, 9.17) is 0 Å². The number of benzene rings is 1. The van der Waals surface area contributed by atoms with Gasteiger partial charge in [-0.15, -0.1) is 0 Å². The summed E-state index contributed by atoms with van der Waals surface area (Å²) in [6, 6.07) is 6.72. The molecule has 0 aromatic heterocycles. The first-order chi connectivity index (χ1) is 9.91. The minimum Gasteiger partial charge on any atom is -0.392 e. The van der Waals surface area contributed by atoms with Crippen LogP contribution in [0.15, 0.2) is 24.3 Å². The highest BCUT2D eigenvalue weighted by molar-refractivity contribution is 5.93. The average molecular weight is 301 g/mol. The number of aliphatic hydroxyl groups is 1. The Morgan fingerprint density at radius 1 is 1.29 bits per heavy atom. The van der Waals surface area contributed by atoms with E-state index < -0.39 is 23.9 Å². The summed E-state index contributed by atoms with van der Waals surface area (Å²) in [6.07, 6.45) is -3.41. The van der Waals surface area contributed by atoms with Crippen molar-refractivity contribution < 1.29 is 23.1 Å². The SMILES string of the molecule is O=C(Nc1ccccc1CO)C1CCCC(C(F)(F)F)C1. The van der Waals surface area contributed by atoms with Crippen molar-refractivity contribution >= 4 is 11.6 Å². The summed E-state index contributed by atoms with van der Waals surface area (Å²) in [5.74, 6) is -2.42. The van der Waals surface area contributed by atoms with Crippen molar-refractivity contribution in [1.82, 2.24) is 0 Å². The number of carbonyl (C=O) groups is 1. The molecule has 0 heterocycles. The smallest absolute Gasteiger partial charge is 0.391 e. The third-order valence-corrected chi connectivity index (χ3v) is 3.95. The summed E-state index contributed by atoms with van der Waals surface area (Å²) in [6.45, 7) is -0.230. The number of carbonyl (C=O) groups excluding carboxylic acids is 1. The lowest BCUT2D eigenvalue weighted by molar-refractivity contribution is -0.185. The zero-order valence-electron chi connectivity index (χ0n) is 11.5. The number of hydrogen-bond acceptors (Lipinski definition) is 2. The number of anilines is 1. The molecule has 0 radical (unpaired) electrons. The first-order valence-electron chi connectivity index (χ1n) is 6.98. The Kier molecular flexibility index (Phi) is 4.88. The van der Waals surface area contributed by atoms with Crippen LogP contribution in [0.4, 0.5) is 18.9 Å². The molecule has 1 aromatic rings. The van der Waals surface area contributed by atoms with Crippen molar-refractivity contribution in [3.05, 3.63) is 29.8 Å². The standard InChI is InChI=1S/C15H18F3NO2/c16-15(17,18)12-6-3-5-10(8-12)14(21)19-13-7-2-1-4-11(13)9-20/h1-2,4,7,10,12,20H,3,5-6,8-9H2,(H,19,21). The Morgan fingerprint density at radius 3 is 2.67 bits per heavy atom. The lowest BCUT2D eigenvalue weighted by atomic mass is 9.80. The van der Waals surface area contributed by atoms with Crippen molar-refractivity contribution in [1.29, 1.82) is 0 Å². The van der Waals surface area contributed by atoms with Crippen molar-refractivity contribution in [3.8, 4) is 0 Å². The quantitative estimate of drug-likeness (QED) is 0.898. The van der Waals surface area contributed by atoms with Gasteiger partial charge in [0.05, 0.1) is 12.5 Å². The predicted molar refractivity (Wildman–Crippen MR) is 72.5 cm³/mol. The Hall–Kier alpha value is -1.56. The molecule has 2 rings (SSSR count). The van der Waals surface area contributed by atoms with Gasteiger partial charge in [0, 0.05) is 17.2 Å². The fourth-order valence-electron chi connectivity index (χ4n) is 2.74. The van der Waals surface area contributed by atoms with Gasteiger partial charge in [0.2, 0.25) is 5.91 Å². The molecule has 1 aliphatic carbocycles. The van der Waals surface area contributed by atoms with Crippen LogP contribution in [0.1, 0.15) is 31.2 Å². The molecule has 21 heavy (non-hydrogen) atoms. The molecular formula is C15H18F3NO2. The zero-order chi connectivity index (χ0) is 15.5. The molecule has 0 spiro atoms. The van der Waals surface area contributed by atoms with Crippen molar-refractivity contribution in [3.63, 3.8) is 0 Å². The van der Waals surface area contributed by atoms with Crippen LogP contribution in [0.5, 0.6) is 0 Å². The molecule has 0 bridgehead atoms. The summed E-state index contributed by atoms with van der Waals surface area (Å²) in [7, 11) is 0. The molecule has 1 amide bonds. The van der Waals surface area contributed by atoms with Gasteiger partial charge >= 0.3 is 6.18 Å². The molecular weight excluding hydrogens is 283 g/mol. The van der Waals surface area contributed by atoms with E-state index in [0.29, 0.717) is 24.1 Å². The molecule has 2 N–H and O–H groups in total. The predicted octanol–water partition coefficient (Wildman–Crippen LogP) is 3.49. The summed E-state index contributed by atoms with van der Waals surface area (Å²) >= 11 is 0. The van der Waals surface area contributed by atoms with Gasteiger partial charge in [-0.3, -0.25) is 4.79 Å². The lowest BCUT2D eigenvalue weighted by Crippen LogP contribution is -2.34. The maximum absolute atomic E-state index is 12.8. The van der Waals surface area contributed by atoms with Crippen molar-refractivity contribution in [2.75, 3.05) is 5.32 Å². The van der Waals surface area contributed by atoms with Gasteiger partial charge in [-0.1, -0.05) is 24.6 Å². The molecule has 1 fully saturated rings. The number of nitrogens with one attached hydrogen (secondary N) is 1. The van der Waals surface area contributed by atoms with Gasteiger partial charge in [-0.2, -0.15) is 13.2 Å². The maximum Gasteiger partial charge on any atom is 0.391 e. The molecule has 3 nitrogen and oxygen atoms in total. The highest BCUT2D eigenvalue weighted by Crippen LogP contribution is 2.40. The first kappa shape index (κ1) is 15.8. The highest BCUT2D eigenvalue weighted by Gasteiger charge is 2.43. The third kappa shape index (κ3) is 3.97. The Bertz CT molecular complexity index is 502. The Morgan fingerprint density at radius 2 is 2.00 bits per heavy atom. The van der Waals surface area contributed by atoms with Gasteiger partial charge in [0.15, 0.2) is 0 Å². The van der Waals surface area contributed by atoms with Crippen LogP contribution in [0.2, 0.25) is 0 Å². The topological polar surface area (TPSA) is 49.3 Å². The fourth-order valence-corrected chi connectivity index (χ4v) is 2.74. The van der Waals surface area contributed by atoms with Crippen molar-refractivity contribution in [2.24, 2.45) is 11.8 Å². The van der Waals surface area contributed by atoms with Crippen LogP contribution in [0, 0.1) is 11.8 Å². The molecule has 0 saturated heterocycles.